The van der Waals surface area contributed by atoms with Crippen LogP contribution in [0.4, 0.5) is 0 Å². The van der Waals surface area contributed by atoms with Gasteiger partial charge in [-0.3, -0.25) is 0 Å². The van der Waals surface area contributed by atoms with E-state index in [1.807, 2.05) is 0 Å². The Bertz CT molecular complexity index is 370. The molecule has 0 unspecified atom stereocenters. The molecular formula is C7H4N2O2S. The lowest BCUT2D eigenvalue weighted by molar-refractivity contribution is 0.0690. The van der Waals surface area contributed by atoms with Crippen LogP contribution in [-0.2, 0) is 0 Å². The standard InChI is InChI=1S/C7H4N2O2S/c8-3-5-6(12)2-1-4(9-5)7(10)11/h1-2,12H,(H,10,11). The van der Waals surface area contributed by atoms with E-state index < -0.39 is 5.97 Å². The summed E-state index contributed by atoms with van der Waals surface area (Å²) in [6.45, 7) is 0. The highest BCUT2D eigenvalue weighted by Crippen LogP contribution is 2.10. The normalized spacial score (nSPS) is 9.00. The van der Waals surface area contributed by atoms with Crippen LogP contribution in [0, 0.1) is 11.3 Å². The Balaban J connectivity index is 3.25. The van der Waals surface area contributed by atoms with Crippen molar-refractivity contribution in [3.8, 4) is 6.07 Å². The zero-order chi connectivity index (χ0) is 9.14. The Hall–Kier alpha value is -1.54. The predicted octanol–water partition coefficient (Wildman–Crippen LogP) is 0.940. The van der Waals surface area contributed by atoms with Crippen molar-refractivity contribution in [2.24, 2.45) is 0 Å². The van der Waals surface area contributed by atoms with E-state index in [0.29, 0.717) is 4.90 Å². The molecule has 0 fully saturated rings. The maximum Gasteiger partial charge on any atom is 0.354 e. The first-order chi connectivity index (χ1) is 5.65. The smallest absolute Gasteiger partial charge is 0.354 e. The predicted molar refractivity (Wildman–Crippen MR) is 43.2 cm³/mol. The van der Waals surface area contributed by atoms with E-state index in [1.54, 1.807) is 6.07 Å². The number of aromatic carboxylic acids is 1. The summed E-state index contributed by atoms with van der Waals surface area (Å²) in [5.41, 5.74) is -0.123. The van der Waals surface area contributed by atoms with Crippen molar-refractivity contribution >= 4 is 18.6 Å². The maximum atomic E-state index is 10.4. The molecule has 1 aromatic rings. The van der Waals surface area contributed by atoms with Crippen LogP contribution in [0.2, 0.25) is 0 Å². The highest BCUT2D eigenvalue weighted by atomic mass is 32.1. The fourth-order valence-electron chi connectivity index (χ4n) is 0.653. The van der Waals surface area contributed by atoms with Gasteiger partial charge in [-0.1, -0.05) is 0 Å². The summed E-state index contributed by atoms with van der Waals surface area (Å²) in [5.74, 6) is -1.15. The Morgan fingerprint density at radius 2 is 2.33 bits per heavy atom. The summed E-state index contributed by atoms with van der Waals surface area (Å²) in [4.78, 5) is 14.3. The van der Waals surface area contributed by atoms with Crippen molar-refractivity contribution < 1.29 is 9.90 Å². The highest BCUT2D eigenvalue weighted by molar-refractivity contribution is 7.80. The van der Waals surface area contributed by atoms with Gasteiger partial charge in [0.05, 0.1) is 0 Å². The monoisotopic (exact) mass is 180 g/mol. The van der Waals surface area contributed by atoms with Gasteiger partial charge in [-0.25, -0.2) is 9.78 Å². The molecule has 60 valence electrons. The Kier molecular flexibility index (Phi) is 2.31. The molecule has 0 amide bonds. The van der Waals surface area contributed by atoms with Crippen molar-refractivity contribution in [1.29, 1.82) is 5.26 Å². The quantitative estimate of drug-likeness (QED) is 0.631. The third-order valence-electron chi connectivity index (χ3n) is 1.20. The number of hydrogen-bond acceptors (Lipinski definition) is 4. The Morgan fingerprint density at radius 3 is 2.83 bits per heavy atom. The molecular weight excluding hydrogens is 176 g/mol. The van der Waals surface area contributed by atoms with Crippen LogP contribution >= 0.6 is 12.6 Å². The van der Waals surface area contributed by atoms with Gasteiger partial charge in [-0.05, 0) is 12.1 Å². The molecule has 1 rings (SSSR count). The third kappa shape index (κ3) is 1.54. The molecule has 0 saturated heterocycles. The molecule has 0 aliphatic rings. The van der Waals surface area contributed by atoms with Gasteiger partial charge in [0.25, 0.3) is 0 Å². The van der Waals surface area contributed by atoms with Crippen LogP contribution in [0.15, 0.2) is 17.0 Å². The largest absolute Gasteiger partial charge is 0.477 e. The second kappa shape index (κ2) is 3.24. The summed E-state index contributed by atoms with van der Waals surface area (Å²) < 4.78 is 0. The van der Waals surface area contributed by atoms with Gasteiger partial charge in [-0.2, -0.15) is 5.26 Å². The van der Waals surface area contributed by atoms with Gasteiger partial charge in [0.1, 0.15) is 11.8 Å². The fraction of sp³-hybridized carbons (Fsp3) is 0. The van der Waals surface area contributed by atoms with Crippen molar-refractivity contribution in [2.45, 2.75) is 4.90 Å². The van der Waals surface area contributed by atoms with Crippen LogP contribution in [-0.4, -0.2) is 16.1 Å². The minimum atomic E-state index is -1.15. The number of carboxylic acid groups (broad SMARTS) is 1. The van der Waals surface area contributed by atoms with Crippen LogP contribution in [0.3, 0.4) is 0 Å². The van der Waals surface area contributed by atoms with Crippen LogP contribution in [0.5, 0.6) is 0 Å². The Morgan fingerprint density at radius 1 is 1.67 bits per heavy atom. The lowest BCUT2D eigenvalue weighted by Gasteiger charge is -1.95. The van der Waals surface area contributed by atoms with E-state index in [4.69, 9.17) is 10.4 Å². The fourth-order valence-corrected chi connectivity index (χ4v) is 0.828. The lowest BCUT2D eigenvalue weighted by atomic mass is 10.3. The van der Waals surface area contributed by atoms with E-state index in [2.05, 4.69) is 17.6 Å². The van der Waals surface area contributed by atoms with Gasteiger partial charge in [0, 0.05) is 4.90 Å². The molecule has 0 aliphatic carbocycles. The number of thiol groups is 1. The summed E-state index contributed by atoms with van der Waals surface area (Å²) in [6.07, 6.45) is 0. The number of nitriles is 1. The third-order valence-corrected chi connectivity index (χ3v) is 1.56. The SMILES string of the molecule is N#Cc1nc(C(=O)O)ccc1S. The van der Waals surface area contributed by atoms with Crippen molar-refractivity contribution in [1.82, 2.24) is 4.98 Å². The number of pyridine rings is 1. The minimum Gasteiger partial charge on any atom is -0.477 e. The number of hydrogen-bond donors (Lipinski definition) is 2. The van der Waals surface area contributed by atoms with Crippen LogP contribution < -0.4 is 0 Å². The maximum absolute atomic E-state index is 10.4. The van der Waals surface area contributed by atoms with Gasteiger partial charge >= 0.3 is 5.97 Å². The van der Waals surface area contributed by atoms with Gasteiger partial charge in [0.15, 0.2) is 5.69 Å². The molecule has 0 aromatic carbocycles. The van der Waals surface area contributed by atoms with E-state index >= 15 is 0 Å². The van der Waals surface area contributed by atoms with E-state index in [1.165, 1.54) is 12.1 Å². The number of carboxylic acids is 1. The molecule has 0 saturated carbocycles. The van der Waals surface area contributed by atoms with E-state index in [0.717, 1.165) is 0 Å². The van der Waals surface area contributed by atoms with Crippen molar-refractivity contribution in [3.63, 3.8) is 0 Å². The second-order valence-corrected chi connectivity index (χ2v) is 2.46. The van der Waals surface area contributed by atoms with E-state index in [-0.39, 0.29) is 11.4 Å². The zero-order valence-electron chi connectivity index (χ0n) is 5.85. The summed E-state index contributed by atoms with van der Waals surface area (Å²) >= 11 is 3.92. The average Bonchev–Trinajstić information content (AvgIpc) is 2.05. The molecule has 0 atom stereocenters. The Labute approximate surface area is 73.9 Å². The first-order valence-corrected chi connectivity index (χ1v) is 3.43. The average molecular weight is 180 g/mol. The minimum absolute atomic E-state index is 0.0261. The molecule has 5 heteroatoms. The molecule has 1 aromatic heterocycles. The second-order valence-electron chi connectivity index (χ2n) is 1.98. The molecule has 12 heavy (non-hydrogen) atoms. The zero-order valence-corrected chi connectivity index (χ0v) is 6.75. The first-order valence-electron chi connectivity index (χ1n) is 2.98. The summed E-state index contributed by atoms with van der Waals surface area (Å²) in [5, 5.41) is 17.0. The van der Waals surface area contributed by atoms with E-state index in [9.17, 15) is 4.79 Å². The van der Waals surface area contributed by atoms with Gasteiger partial charge in [-0.15, -0.1) is 12.6 Å². The summed E-state index contributed by atoms with van der Waals surface area (Å²) in [6, 6.07) is 4.47. The molecule has 0 spiro atoms. The molecule has 1 heterocycles. The van der Waals surface area contributed by atoms with Gasteiger partial charge < -0.3 is 5.11 Å². The number of carbonyl (C=O) groups is 1. The van der Waals surface area contributed by atoms with Gasteiger partial charge in [0.2, 0.25) is 0 Å². The first kappa shape index (κ1) is 8.56. The van der Waals surface area contributed by atoms with Crippen molar-refractivity contribution in [3.05, 3.63) is 23.5 Å². The number of aromatic nitrogens is 1. The molecule has 0 bridgehead atoms. The molecule has 0 radical (unpaired) electrons. The highest BCUT2D eigenvalue weighted by Gasteiger charge is 2.07. The molecule has 0 aliphatic heterocycles. The lowest BCUT2D eigenvalue weighted by Crippen LogP contribution is -2.01. The topological polar surface area (TPSA) is 74.0 Å². The summed E-state index contributed by atoms with van der Waals surface area (Å²) in [7, 11) is 0. The molecule has 1 N–H and O–H groups in total. The van der Waals surface area contributed by atoms with Crippen molar-refractivity contribution in [2.75, 3.05) is 0 Å². The number of rotatable bonds is 1. The number of nitrogens with zero attached hydrogens (tertiary/aromatic N) is 2. The molecule has 4 nitrogen and oxygen atoms in total. The van der Waals surface area contributed by atoms with Crippen LogP contribution in [0.25, 0.3) is 0 Å². The van der Waals surface area contributed by atoms with Crippen LogP contribution in [0.1, 0.15) is 16.2 Å².